The Morgan fingerprint density at radius 3 is 2.27 bits per heavy atom. The number of hydrogen-bond acceptors (Lipinski definition) is 1. The van der Waals surface area contributed by atoms with Crippen molar-refractivity contribution in [2.75, 3.05) is 5.73 Å². The van der Waals surface area contributed by atoms with Gasteiger partial charge in [0.2, 0.25) is 0 Å². The first-order chi connectivity index (χ1) is 7.29. The summed E-state index contributed by atoms with van der Waals surface area (Å²) in [6.07, 6.45) is 1.08. The van der Waals surface area contributed by atoms with Gasteiger partial charge in [0.25, 0.3) is 0 Å². The monoisotopic (exact) mass is 197 g/mol. The van der Waals surface area contributed by atoms with Gasteiger partial charge >= 0.3 is 0 Å². The van der Waals surface area contributed by atoms with E-state index in [1.165, 1.54) is 16.7 Å². The van der Waals surface area contributed by atoms with E-state index in [4.69, 9.17) is 5.73 Å². The highest BCUT2D eigenvalue weighted by Crippen LogP contribution is 2.21. The maximum atomic E-state index is 5.75. The van der Waals surface area contributed by atoms with Gasteiger partial charge in [-0.05, 0) is 35.2 Å². The summed E-state index contributed by atoms with van der Waals surface area (Å²) in [5.41, 5.74) is 10.3. The van der Waals surface area contributed by atoms with Crippen LogP contribution in [0.3, 0.4) is 0 Å². The van der Waals surface area contributed by atoms with Crippen LogP contribution in [-0.2, 0) is 6.42 Å². The van der Waals surface area contributed by atoms with Crippen molar-refractivity contribution in [2.24, 2.45) is 0 Å². The number of aryl methyl sites for hydroxylation is 1. The summed E-state index contributed by atoms with van der Waals surface area (Å²) in [5, 5.41) is 0. The van der Waals surface area contributed by atoms with Crippen LogP contribution >= 0.6 is 0 Å². The van der Waals surface area contributed by atoms with Gasteiger partial charge in [-0.1, -0.05) is 43.3 Å². The van der Waals surface area contributed by atoms with Gasteiger partial charge in [0.15, 0.2) is 0 Å². The molecule has 76 valence electrons. The fourth-order valence-electron chi connectivity index (χ4n) is 1.65. The fourth-order valence-corrected chi connectivity index (χ4v) is 1.65. The van der Waals surface area contributed by atoms with Gasteiger partial charge in [-0.3, -0.25) is 0 Å². The third-order valence-electron chi connectivity index (χ3n) is 2.58. The summed E-state index contributed by atoms with van der Waals surface area (Å²) in [4.78, 5) is 0. The lowest BCUT2D eigenvalue weighted by Gasteiger charge is -2.03. The van der Waals surface area contributed by atoms with Gasteiger partial charge in [0.05, 0.1) is 0 Å². The van der Waals surface area contributed by atoms with Crippen LogP contribution in [0.5, 0.6) is 0 Å². The molecule has 0 heterocycles. The molecule has 0 aliphatic heterocycles. The molecule has 0 spiro atoms. The van der Waals surface area contributed by atoms with E-state index in [0.717, 1.165) is 12.1 Å². The second kappa shape index (κ2) is 4.18. The summed E-state index contributed by atoms with van der Waals surface area (Å²) in [6, 6.07) is 16.6. The molecule has 0 unspecified atom stereocenters. The van der Waals surface area contributed by atoms with Crippen LogP contribution in [-0.4, -0.2) is 0 Å². The Balaban J connectivity index is 2.37. The van der Waals surface area contributed by atoms with Crippen LogP contribution in [0, 0.1) is 0 Å². The fraction of sp³-hybridized carbons (Fsp3) is 0.143. The number of nitrogen functional groups attached to an aromatic ring is 1. The minimum absolute atomic E-state index is 0.812. The lowest BCUT2D eigenvalue weighted by atomic mass is 10.0. The van der Waals surface area contributed by atoms with Gasteiger partial charge in [-0.2, -0.15) is 0 Å². The van der Waals surface area contributed by atoms with Gasteiger partial charge in [0.1, 0.15) is 0 Å². The van der Waals surface area contributed by atoms with E-state index in [-0.39, 0.29) is 0 Å². The zero-order valence-electron chi connectivity index (χ0n) is 8.90. The maximum absolute atomic E-state index is 5.75. The van der Waals surface area contributed by atoms with E-state index >= 15 is 0 Å². The first-order valence-corrected chi connectivity index (χ1v) is 5.24. The van der Waals surface area contributed by atoms with Crippen molar-refractivity contribution in [3.05, 3.63) is 54.1 Å². The molecule has 2 aromatic carbocycles. The lowest BCUT2D eigenvalue weighted by Crippen LogP contribution is -1.85. The average molecular weight is 197 g/mol. The molecule has 2 aromatic rings. The Hall–Kier alpha value is -1.76. The highest BCUT2D eigenvalue weighted by Gasteiger charge is 1.97. The normalized spacial score (nSPS) is 10.2. The van der Waals surface area contributed by atoms with Crippen LogP contribution in [0.2, 0.25) is 0 Å². The van der Waals surface area contributed by atoms with Crippen LogP contribution < -0.4 is 5.73 Å². The van der Waals surface area contributed by atoms with Crippen LogP contribution in [0.25, 0.3) is 11.1 Å². The third kappa shape index (κ3) is 2.18. The lowest BCUT2D eigenvalue weighted by molar-refractivity contribution is 1.14. The average Bonchev–Trinajstić information content (AvgIpc) is 2.29. The Kier molecular flexibility index (Phi) is 2.72. The Morgan fingerprint density at radius 2 is 1.67 bits per heavy atom. The maximum Gasteiger partial charge on any atom is 0.0320 e. The van der Waals surface area contributed by atoms with Gasteiger partial charge < -0.3 is 5.73 Å². The molecule has 0 aromatic heterocycles. The molecule has 0 fully saturated rings. The molecular formula is C14H15N. The molecule has 0 atom stereocenters. The summed E-state index contributed by atoms with van der Waals surface area (Å²) in [5.74, 6) is 0. The molecule has 0 bridgehead atoms. The molecule has 0 radical (unpaired) electrons. The Bertz CT molecular complexity index is 443. The van der Waals surface area contributed by atoms with Gasteiger partial charge in [-0.25, -0.2) is 0 Å². The van der Waals surface area contributed by atoms with Crippen molar-refractivity contribution >= 4 is 5.69 Å². The molecule has 1 heteroatoms. The summed E-state index contributed by atoms with van der Waals surface area (Å²) < 4.78 is 0. The minimum Gasteiger partial charge on any atom is -0.399 e. The van der Waals surface area contributed by atoms with E-state index < -0.39 is 0 Å². The Labute approximate surface area is 90.6 Å². The largest absolute Gasteiger partial charge is 0.399 e. The predicted octanol–water partition coefficient (Wildman–Crippen LogP) is 3.50. The second-order valence-corrected chi connectivity index (χ2v) is 3.68. The Morgan fingerprint density at radius 1 is 0.933 bits per heavy atom. The smallest absolute Gasteiger partial charge is 0.0320 e. The minimum atomic E-state index is 0.812. The van der Waals surface area contributed by atoms with Crippen molar-refractivity contribution in [3.8, 4) is 11.1 Å². The van der Waals surface area contributed by atoms with Gasteiger partial charge in [0, 0.05) is 5.69 Å². The van der Waals surface area contributed by atoms with Crippen molar-refractivity contribution < 1.29 is 0 Å². The second-order valence-electron chi connectivity index (χ2n) is 3.68. The summed E-state index contributed by atoms with van der Waals surface area (Å²) >= 11 is 0. The molecule has 0 saturated heterocycles. The highest BCUT2D eigenvalue weighted by molar-refractivity contribution is 5.67. The standard InChI is InChI=1S/C14H15N/c1-2-11-6-8-12(9-7-11)13-4-3-5-14(15)10-13/h3-10H,2,15H2,1H3. The predicted molar refractivity (Wildman–Crippen MR) is 65.7 cm³/mol. The number of nitrogens with two attached hydrogens (primary N) is 1. The van der Waals surface area contributed by atoms with E-state index in [1.807, 2.05) is 18.2 Å². The van der Waals surface area contributed by atoms with E-state index in [0.29, 0.717) is 0 Å². The summed E-state index contributed by atoms with van der Waals surface area (Å²) in [7, 11) is 0. The number of hydrogen-bond donors (Lipinski definition) is 1. The molecule has 15 heavy (non-hydrogen) atoms. The molecule has 2 N–H and O–H groups in total. The van der Waals surface area contributed by atoms with E-state index in [9.17, 15) is 0 Å². The van der Waals surface area contributed by atoms with E-state index in [1.54, 1.807) is 0 Å². The van der Waals surface area contributed by atoms with Crippen LogP contribution in [0.1, 0.15) is 12.5 Å². The molecule has 0 saturated carbocycles. The van der Waals surface area contributed by atoms with Crippen molar-refractivity contribution in [3.63, 3.8) is 0 Å². The van der Waals surface area contributed by atoms with Crippen molar-refractivity contribution in [1.29, 1.82) is 0 Å². The SMILES string of the molecule is CCc1ccc(-c2cccc(N)c2)cc1. The molecule has 2 rings (SSSR count). The number of benzene rings is 2. The zero-order chi connectivity index (χ0) is 10.7. The number of anilines is 1. The first-order valence-electron chi connectivity index (χ1n) is 5.24. The molecule has 0 amide bonds. The number of rotatable bonds is 2. The summed E-state index contributed by atoms with van der Waals surface area (Å²) in [6.45, 7) is 2.16. The third-order valence-corrected chi connectivity index (χ3v) is 2.58. The molecule has 0 aliphatic rings. The first kappa shape index (κ1) is 9.78. The van der Waals surface area contributed by atoms with E-state index in [2.05, 4.69) is 37.3 Å². The molecular weight excluding hydrogens is 182 g/mol. The van der Waals surface area contributed by atoms with Crippen molar-refractivity contribution in [2.45, 2.75) is 13.3 Å². The van der Waals surface area contributed by atoms with Gasteiger partial charge in [-0.15, -0.1) is 0 Å². The topological polar surface area (TPSA) is 26.0 Å². The quantitative estimate of drug-likeness (QED) is 0.733. The molecule has 0 aliphatic carbocycles. The van der Waals surface area contributed by atoms with Crippen LogP contribution in [0.4, 0.5) is 5.69 Å². The van der Waals surface area contributed by atoms with Crippen LogP contribution in [0.15, 0.2) is 48.5 Å². The molecule has 1 nitrogen and oxygen atoms in total. The van der Waals surface area contributed by atoms with Crippen molar-refractivity contribution in [1.82, 2.24) is 0 Å². The highest BCUT2D eigenvalue weighted by atomic mass is 14.5. The zero-order valence-corrected chi connectivity index (χ0v) is 8.90.